The molecule has 3 saturated heterocycles. The fourth-order valence-corrected chi connectivity index (χ4v) is 9.18. The van der Waals surface area contributed by atoms with Crippen LogP contribution >= 0.6 is 0 Å². The third-order valence-corrected chi connectivity index (χ3v) is 10.0. The van der Waals surface area contributed by atoms with Crippen molar-refractivity contribution in [1.29, 1.82) is 0 Å². The van der Waals surface area contributed by atoms with Crippen LogP contribution in [0, 0.1) is 28.6 Å². The van der Waals surface area contributed by atoms with Crippen molar-refractivity contribution < 1.29 is 34.3 Å². The van der Waals surface area contributed by atoms with Crippen LogP contribution in [-0.4, -0.2) is 68.6 Å². The van der Waals surface area contributed by atoms with E-state index in [2.05, 4.69) is 0 Å². The summed E-state index contributed by atoms with van der Waals surface area (Å²) >= 11 is 0. The zero-order chi connectivity index (χ0) is 20.9. The normalized spacial score (nSPS) is 65.5. The van der Waals surface area contributed by atoms with Crippen LogP contribution in [0.15, 0.2) is 0 Å². The van der Waals surface area contributed by atoms with Gasteiger partial charge in [-0.25, -0.2) is 0 Å². The highest BCUT2D eigenvalue weighted by Gasteiger charge is 2.86. The second-order valence-electron chi connectivity index (χ2n) is 11.7. The topological polar surface area (TPSA) is 109 Å². The molecule has 29 heavy (non-hydrogen) atoms. The van der Waals surface area contributed by atoms with Gasteiger partial charge in [-0.3, -0.25) is 4.79 Å². The van der Waals surface area contributed by atoms with E-state index in [1.54, 1.807) is 6.92 Å². The van der Waals surface area contributed by atoms with Crippen LogP contribution in [0.1, 0.15) is 53.9 Å². The Balaban J connectivity index is 1.58. The molecule has 0 amide bonds. The first-order valence-electron chi connectivity index (χ1n) is 10.9. The first kappa shape index (κ1) is 19.0. The van der Waals surface area contributed by atoms with Crippen LogP contribution in [0.5, 0.6) is 0 Å². The predicted octanol–water partition coefficient (Wildman–Crippen LogP) is 0.772. The standard InChI is InChI=1S/C22H32O7/c1-9(23)27-12-7-21-8-19(4)10(16(21)24)6-11(29-19)14(21)20(5,25)15-13-17(28-13)18(2,3)22(12,15)26/h10-17,24-26H,6-8H2,1-5H3/t10-,11+,12-,13+,14+,15?,16-,17+,19+,20-,21+,22-/m1/s1. The summed E-state index contributed by atoms with van der Waals surface area (Å²) in [6.07, 6.45) is -0.505. The molecule has 162 valence electrons. The van der Waals surface area contributed by atoms with Gasteiger partial charge in [0.1, 0.15) is 11.7 Å². The van der Waals surface area contributed by atoms with Gasteiger partial charge < -0.3 is 29.5 Å². The molecule has 7 heteroatoms. The van der Waals surface area contributed by atoms with Crippen LogP contribution in [-0.2, 0) is 19.0 Å². The van der Waals surface area contributed by atoms with Crippen molar-refractivity contribution in [3.8, 4) is 0 Å². The lowest BCUT2D eigenvalue weighted by Crippen LogP contribution is -2.65. The fourth-order valence-electron chi connectivity index (χ4n) is 9.18. The van der Waals surface area contributed by atoms with Crippen molar-refractivity contribution in [1.82, 2.24) is 0 Å². The molecule has 0 radical (unpaired) electrons. The number of hydrogen-bond acceptors (Lipinski definition) is 7. The Hall–Kier alpha value is -0.730. The Labute approximate surface area is 170 Å². The lowest BCUT2D eigenvalue weighted by Gasteiger charge is -2.55. The number of ether oxygens (including phenoxy) is 3. The number of carbonyl (C=O) groups excluding carboxylic acids is 1. The summed E-state index contributed by atoms with van der Waals surface area (Å²) in [5.41, 5.74) is -4.59. The number of rotatable bonds is 1. The van der Waals surface area contributed by atoms with Crippen LogP contribution in [0.4, 0.5) is 0 Å². The van der Waals surface area contributed by atoms with Crippen molar-refractivity contribution in [2.45, 2.75) is 101 Å². The van der Waals surface area contributed by atoms with Gasteiger partial charge in [-0.05, 0) is 33.1 Å². The van der Waals surface area contributed by atoms with E-state index in [1.165, 1.54) is 6.92 Å². The molecule has 4 aliphatic carbocycles. The summed E-state index contributed by atoms with van der Waals surface area (Å²) in [6, 6.07) is 0. The summed E-state index contributed by atoms with van der Waals surface area (Å²) in [6.45, 7) is 9.04. The average molecular weight is 408 g/mol. The lowest BCUT2D eigenvalue weighted by atomic mass is 9.56. The summed E-state index contributed by atoms with van der Waals surface area (Å²) in [5.74, 6) is -1.43. The average Bonchev–Trinajstić information content (AvgIpc) is 3.24. The van der Waals surface area contributed by atoms with Gasteiger partial charge in [0.25, 0.3) is 0 Å². The molecule has 0 aromatic heterocycles. The zero-order valence-electron chi connectivity index (χ0n) is 17.7. The Morgan fingerprint density at radius 1 is 1.14 bits per heavy atom. The van der Waals surface area contributed by atoms with Gasteiger partial charge in [0.15, 0.2) is 0 Å². The first-order chi connectivity index (χ1) is 13.3. The molecule has 3 aliphatic heterocycles. The summed E-state index contributed by atoms with van der Waals surface area (Å²) in [4.78, 5) is 12.1. The van der Waals surface area contributed by atoms with E-state index >= 15 is 0 Å². The monoisotopic (exact) mass is 408 g/mol. The van der Waals surface area contributed by atoms with Crippen molar-refractivity contribution in [2.75, 3.05) is 0 Å². The second-order valence-corrected chi connectivity index (χ2v) is 11.7. The Kier molecular flexibility index (Phi) is 3.18. The molecule has 3 heterocycles. The Morgan fingerprint density at radius 2 is 1.83 bits per heavy atom. The maximum absolute atomic E-state index is 12.2. The molecular weight excluding hydrogens is 376 g/mol. The van der Waals surface area contributed by atoms with Crippen molar-refractivity contribution in [3.05, 3.63) is 0 Å². The number of carbonyl (C=O) groups is 1. The highest BCUT2D eigenvalue weighted by Crippen LogP contribution is 2.76. The molecule has 4 bridgehead atoms. The Bertz CT molecular complexity index is 809. The van der Waals surface area contributed by atoms with Crippen molar-refractivity contribution in [3.63, 3.8) is 0 Å². The molecule has 1 unspecified atom stereocenters. The van der Waals surface area contributed by atoms with E-state index in [4.69, 9.17) is 14.2 Å². The van der Waals surface area contributed by atoms with E-state index < -0.39 is 51.7 Å². The van der Waals surface area contributed by atoms with E-state index in [0.717, 1.165) is 0 Å². The minimum Gasteiger partial charge on any atom is -0.459 e. The van der Waals surface area contributed by atoms with Crippen molar-refractivity contribution >= 4 is 5.97 Å². The predicted molar refractivity (Wildman–Crippen MR) is 99.6 cm³/mol. The van der Waals surface area contributed by atoms with Crippen molar-refractivity contribution in [2.24, 2.45) is 28.6 Å². The number of aliphatic hydroxyl groups excluding tert-OH is 1. The third-order valence-electron chi connectivity index (χ3n) is 10.0. The molecule has 7 nitrogen and oxygen atoms in total. The van der Waals surface area contributed by atoms with E-state index in [1.807, 2.05) is 20.8 Å². The SMILES string of the molecule is CC(=O)O[C@@H]1C[C@@]23C[C@]4(C)O[C@@H](C[C@@H]4[C@H]2O)[C@H]3[C@@](C)(O)C2[C@@H]3O[C@@H]3C(C)(C)[C@]21O. The van der Waals surface area contributed by atoms with E-state index in [0.29, 0.717) is 19.3 Å². The maximum Gasteiger partial charge on any atom is 0.303 e. The molecule has 1 spiro atoms. The largest absolute Gasteiger partial charge is 0.459 e. The van der Waals surface area contributed by atoms with Crippen LogP contribution in [0.2, 0.25) is 0 Å². The molecule has 12 atom stereocenters. The molecule has 7 aliphatic rings. The van der Waals surface area contributed by atoms with E-state index in [-0.39, 0.29) is 30.1 Å². The second kappa shape index (κ2) is 4.85. The number of hydrogen-bond donors (Lipinski definition) is 3. The van der Waals surface area contributed by atoms with Gasteiger partial charge in [0.2, 0.25) is 0 Å². The minimum atomic E-state index is -1.45. The number of fused-ring (bicyclic) bond motifs is 3. The molecule has 0 aromatic rings. The van der Waals surface area contributed by atoms with Gasteiger partial charge in [-0.15, -0.1) is 0 Å². The molecule has 7 rings (SSSR count). The molecular formula is C22H32O7. The van der Waals surface area contributed by atoms with Gasteiger partial charge in [-0.2, -0.15) is 0 Å². The highest BCUT2D eigenvalue weighted by molar-refractivity contribution is 5.66. The number of aliphatic hydroxyl groups is 3. The summed E-state index contributed by atoms with van der Waals surface area (Å²) < 4.78 is 18.2. The van der Waals surface area contributed by atoms with E-state index in [9.17, 15) is 20.1 Å². The van der Waals surface area contributed by atoms with Gasteiger partial charge in [0, 0.05) is 35.5 Å². The molecule has 0 aromatic carbocycles. The number of epoxide rings is 1. The third kappa shape index (κ3) is 1.80. The maximum atomic E-state index is 12.2. The molecule has 7 fully saturated rings. The van der Waals surface area contributed by atoms with Gasteiger partial charge >= 0.3 is 5.97 Å². The highest BCUT2D eigenvalue weighted by atomic mass is 16.6. The smallest absolute Gasteiger partial charge is 0.303 e. The Morgan fingerprint density at radius 3 is 2.45 bits per heavy atom. The first-order valence-corrected chi connectivity index (χ1v) is 10.9. The summed E-state index contributed by atoms with van der Waals surface area (Å²) in [7, 11) is 0. The van der Waals surface area contributed by atoms with Crippen LogP contribution in [0.3, 0.4) is 0 Å². The van der Waals surface area contributed by atoms with Gasteiger partial charge in [0.05, 0.1) is 35.6 Å². The van der Waals surface area contributed by atoms with Crippen LogP contribution < -0.4 is 0 Å². The molecule has 4 saturated carbocycles. The molecule has 3 N–H and O–H groups in total. The lowest BCUT2D eigenvalue weighted by molar-refractivity contribution is -0.243. The fraction of sp³-hybridized carbons (Fsp3) is 0.955. The number of esters is 1. The van der Waals surface area contributed by atoms with Gasteiger partial charge in [-0.1, -0.05) is 13.8 Å². The minimum absolute atomic E-state index is 0.00282. The van der Waals surface area contributed by atoms with Crippen LogP contribution in [0.25, 0.3) is 0 Å². The quantitative estimate of drug-likeness (QED) is 0.434. The summed E-state index contributed by atoms with van der Waals surface area (Å²) in [5, 5.41) is 35.8. The zero-order valence-corrected chi connectivity index (χ0v) is 17.7.